The maximum Gasteiger partial charge on any atom is 0.406 e. The molecule has 1 aromatic carbocycles. The van der Waals surface area contributed by atoms with Crippen LogP contribution in [-0.4, -0.2) is 51.6 Å². The van der Waals surface area contributed by atoms with Crippen molar-refractivity contribution in [2.24, 2.45) is 5.41 Å². The third-order valence-corrected chi connectivity index (χ3v) is 7.80. The van der Waals surface area contributed by atoms with E-state index in [4.69, 9.17) is 18.5 Å². The minimum absolute atomic E-state index is 0.0665. The Labute approximate surface area is 187 Å². The second kappa shape index (κ2) is 8.01. The first-order chi connectivity index (χ1) is 15.7. The standard InChI is InChI=1S/C20H22N3O9P/c1-11(18(26)29-9-12-5-3-2-4-6-12)22-33(28)30-10-20-14(25)17(31-15(20)16(20)32-33)23-8-7-13(24)21-19(23)27/h2-8,11,14-17,25H,9-10H2,1H3,(H,22,28)(H,21,24,27)/t11-,14+,15-,16?,17-,20-,33-/m1/s1. The van der Waals surface area contributed by atoms with Gasteiger partial charge in [-0.25, -0.2) is 14.4 Å². The third kappa shape index (κ3) is 3.78. The molecule has 1 aliphatic carbocycles. The van der Waals surface area contributed by atoms with Gasteiger partial charge in [-0.1, -0.05) is 30.3 Å². The number of ether oxygens (including phenoxy) is 2. The number of aliphatic hydroxyl groups is 1. The number of carbonyl (C=O) groups excluding carboxylic acids is 1. The fraction of sp³-hybridized carbons (Fsp3) is 0.450. The maximum absolute atomic E-state index is 13.0. The number of hydrogen-bond donors (Lipinski definition) is 3. The normalized spacial score (nSPS) is 35.3. The molecule has 12 nitrogen and oxygen atoms in total. The number of benzene rings is 1. The summed E-state index contributed by atoms with van der Waals surface area (Å²) in [5, 5.41) is 13.4. The second-order valence-electron chi connectivity index (χ2n) is 8.26. The lowest BCUT2D eigenvalue weighted by molar-refractivity contribution is -0.146. The Bertz CT molecular complexity index is 1230. The molecule has 2 saturated heterocycles. The minimum atomic E-state index is -3.89. The first kappa shape index (κ1) is 22.2. The Hall–Kier alpha value is -2.60. The zero-order valence-corrected chi connectivity index (χ0v) is 18.3. The van der Waals surface area contributed by atoms with E-state index in [0.29, 0.717) is 0 Å². The van der Waals surface area contributed by atoms with E-state index in [1.54, 1.807) is 0 Å². The number of esters is 1. The van der Waals surface area contributed by atoms with Gasteiger partial charge in [-0.2, -0.15) is 0 Å². The van der Waals surface area contributed by atoms with Gasteiger partial charge in [0.1, 0.15) is 31.0 Å². The second-order valence-corrected chi connectivity index (χ2v) is 9.99. The number of nitrogens with zero attached hydrogens (tertiary/aromatic N) is 1. The third-order valence-electron chi connectivity index (χ3n) is 6.12. The number of aromatic amines is 1. The van der Waals surface area contributed by atoms with Gasteiger partial charge in [0, 0.05) is 12.3 Å². The van der Waals surface area contributed by atoms with Crippen molar-refractivity contribution in [3.8, 4) is 0 Å². The Morgan fingerprint density at radius 2 is 2.09 bits per heavy atom. The Balaban J connectivity index is 1.20. The van der Waals surface area contributed by atoms with Crippen molar-refractivity contribution in [1.82, 2.24) is 14.6 Å². The molecule has 5 rings (SSSR count). The van der Waals surface area contributed by atoms with Crippen LogP contribution in [0, 0.1) is 5.41 Å². The molecular weight excluding hydrogens is 457 g/mol. The Morgan fingerprint density at radius 3 is 2.82 bits per heavy atom. The van der Waals surface area contributed by atoms with Crippen molar-refractivity contribution in [2.45, 2.75) is 44.1 Å². The maximum atomic E-state index is 13.0. The van der Waals surface area contributed by atoms with Crippen molar-refractivity contribution < 1.29 is 33.0 Å². The van der Waals surface area contributed by atoms with Crippen LogP contribution in [0.1, 0.15) is 18.7 Å². The van der Waals surface area contributed by atoms with Gasteiger partial charge in [0.2, 0.25) is 0 Å². The molecule has 3 fully saturated rings. The van der Waals surface area contributed by atoms with Crippen LogP contribution in [0.2, 0.25) is 0 Å². The molecule has 3 heterocycles. The van der Waals surface area contributed by atoms with Crippen LogP contribution in [0.4, 0.5) is 0 Å². The molecule has 0 bridgehead atoms. The molecular formula is C20H22N3O9P. The highest BCUT2D eigenvalue weighted by molar-refractivity contribution is 7.51. The topological polar surface area (TPSA) is 158 Å². The van der Waals surface area contributed by atoms with Crippen molar-refractivity contribution in [3.63, 3.8) is 0 Å². The molecule has 33 heavy (non-hydrogen) atoms. The van der Waals surface area contributed by atoms with Crippen molar-refractivity contribution in [1.29, 1.82) is 0 Å². The molecule has 2 aliphatic heterocycles. The van der Waals surface area contributed by atoms with E-state index in [1.807, 2.05) is 30.3 Å². The molecule has 1 saturated carbocycles. The fourth-order valence-corrected chi connectivity index (χ4v) is 6.02. The average molecular weight is 479 g/mol. The summed E-state index contributed by atoms with van der Waals surface area (Å²) in [4.78, 5) is 37.7. The van der Waals surface area contributed by atoms with E-state index in [0.717, 1.165) is 16.2 Å². The molecule has 3 N–H and O–H groups in total. The zero-order chi connectivity index (χ0) is 23.4. The van der Waals surface area contributed by atoms with Crippen LogP contribution in [0.3, 0.4) is 0 Å². The number of fused-ring (bicyclic) bond motifs is 1. The highest BCUT2D eigenvalue weighted by Crippen LogP contribution is 2.70. The molecule has 7 atom stereocenters. The van der Waals surface area contributed by atoms with Crippen LogP contribution in [0.5, 0.6) is 0 Å². The van der Waals surface area contributed by atoms with Crippen LogP contribution in [0.15, 0.2) is 52.2 Å². The van der Waals surface area contributed by atoms with Gasteiger partial charge in [0.25, 0.3) is 5.56 Å². The van der Waals surface area contributed by atoms with Crippen molar-refractivity contribution in [2.75, 3.05) is 6.61 Å². The Morgan fingerprint density at radius 1 is 1.33 bits per heavy atom. The van der Waals surface area contributed by atoms with Gasteiger partial charge in [0.05, 0.1) is 12.0 Å². The van der Waals surface area contributed by atoms with Gasteiger partial charge in [-0.05, 0) is 12.5 Å². The molecule has 13 heteroatoms. The van der Waals surface area contributed by atoms with Crippen LogP contribution in [0.25, 0.3) is 0 Å². The highest BCUT2D eigenvalue weighted by atomic mass is 31.2. The number of aliphatic hydroxyl groups excluding tert-OH is 1. The summed E-state index contributed by atoms with van der Waals surface area (Å²) in [5.74, 6) is -0.633. The van der Waals surface area contributed by atoms with E-state index in [9.17, 15) is 24.1 Å². The lowest BCUT2D eigenvalue weighted by Gasteiger charge is -2.33. The van der Waals surface area contributed by atoms with Crippen molar-refractivity contribution in [3.05, 3.63) is 69.0 Å². The summed E-state index contributed by atoms with van der Waals surface area (Å²) in [6.45, 7) is 1.37. The van der Waals surface area contributed by atoms with E-state index in [-0.39, 0.29) is 13.2 Å². The molecule has 1 spiro atoms. The number of aromatic nitrogens is 2. The first-order valence-electron chi connectivity index (χ1n) is 10.3. The monoisotopic (exact) mass is 479 g/mol. The summed E-state index contributed by atoms with van der Waals surface area (Å²) in [5.41, 5.74) is -1.50. The van der Waals surface area contributed by atoms with Gasteiger partial charge < -0.3 is 14.6 Å². The predicted octanol–water partition coefficient (Wildman–Crippen LogP) is 0.0399. The van der Waals surface area contributed by atoms with Gasteiger partial charge in [-0.15, -0.1) is 0 Å². The van der Waals surface area contributed by atoms with Crippen LogP contribution >= 0.6 is 7.75 Å². The van der Waals surface area contributed by atoms with Crippen LogP contribution < -0.4 is 16.3 Å². The summed E-state index contributed by atoms with van der Waals surface area (Å²) in [6, 6.07) is 9.28. The molecule has 1 aromatic heterocycles. The number of H-pyrrole nitrogens is 1. The number of carbonyl (C=O) groups is 1. The number of rotatable bonds is 6. The molecule has 176 valence electrons. The van der Waals surface area contributed by atoms with E-state index < -0.39 is 61.0 Å². The van der Waals surface area contributed by atoms with Crippen LogP contribution in [-0.2, 0) is 34.5 Å². The SMILES string of the molecule is C[C@@H](N[P@@]1(=O)OC[C@]23C(O1)[C@H]2O[C@@H](n1ccc(=O)[nH]c1=O)[C@@H]3O)C(=O)OCc1ccccc1. The molecule has 1 unspecified atom stereocenters. The lowest BCUT2D eigenvalue weighted by atomic mass is 9.99. The first-order valence-corrected chi connectivity index (χ1v) is 11.8. The Kier molecular flexibility index (Phi) is 5.39. The molecule has 0 amide bonds. The summed E-state index contributed by atoms with van der Waals surface area (Å²) in [6.07, 6.45) is -2.46. The summed E-state index contributed by atoms with van der Waals surface area (Å²) in [7, 11) is -3.89. The average Bonchev–Trinajstić information content (AvgIpc) is 3.31. The van der Waals surface area contributed by atoms with Crippen molar-refractivity contribution >= 4 is 13.7 Å². The van der Waals surface area contributed by atoms with E-state index in [1.165, 1.54) is 13.1 Å². The van der Waals surface area contributed by atoms with E-state index in [2.05, 4.69) is 10.1 Å². The van der Waals surface area contributed by atoms with Gasteiger partial charge in [0.15, 0.2) is 6.23 Å². The number of hydrogen-bond acceptors (Lipinski definition) is 9. The smallest absolute Gasteiger partial charge is 0.406 e. The summed E-state index contributed by atoms with van der Waals surface area (Å²) < 4.78 is 36.1. The highest BCUT2D eigenvalue weighted by Gasteiger charge is 2.81. The molecule has 3 aliphatic rings. The summed E-state index contributed by atoms with van der Waals surface area (Å²) >= 11 is 0. The van der Waals surface area contributed by atoms with Gasteiger partial charge >= 0.3 is 19.4 Å². The largest absolute Gasteiger partial charge is 0.460 e. The van der Waals surface area contributed by atoms with Gasteiger partial charge in [-0.3, -0.25) is 28.2 Å². The zero-order valence-electron chi connectivity index (χ0n) is 17.5. The minimum Gasteiger partial charge on any atom is -0.460 e. The quantitative estimate of drug-likeness (QED) is 0.382. The van der Waals surface area contributed by atoms with E-state index >= 15 is 0 Å². The lowest BCUT2D eigenvalue weighted by Crippen LogP contribution is -2.43. The predicted molar refractivity (Wildman–Crippen MR) is 111 cm³/mol. The molecule has 2 aromatic rings. The number of nitrogens with one attached hydrogen (secondary N) is 2. The molecule has 0 radical (unpaired) electrons. The fourth-order valence-electron chi connectivity index (χ4n) is 4.25.